The summed E-state index contributed by atoms with van der Waals surface area (Å²) in [4.78, 5) is 3.74. The Bertz CT molecular complexity index is 1140. The number of hydrogen-bond donors (Lipinski definition) is 3. The number of rotatable bonds is 9. The molecular formula is C22H21F5N6O. The number of nitrogens with two attached hydrogens (primary N) is 3. The van der Waals surface area contributed by atoms with Gasteiger partial charge in [-0.1, -0.05) is 18.2 Å². The quantitative estimate of drug-likeness (QED) is 0.143. The van der Waals surface area contributed by atoms with Gasteiger partial charge in [-0.05, 0) is 35.9 Å². The lowest BCUT2D eigenvalue weighted by Crippen LogP contribution is -2.59. The number of hydrogen-bond acceptors (Lipinski definition) is 6. The average molecular weight is 480 g/mol. The molecule has 180 valence electrons. The zero-order chi connectivity index (χ0) is 24.9. The number of alkyl halides is 2. The van der Waals surface area contributed by atoms with Gasteiger partial charge in [-0.15, -0.1) is 0 Å². The third kappa shape index (κ3) is 5.24. The predicted molar refractivity (Wildman–Crippen MR) is 115 cm³/mol. The first-order valence-corrected chi connectivity index (χ1v) is 9.77. The van der Waals surface area contributed by atoms with Gasteiger partial charge in [0.1, 0.15) is 47.4 Å². The largest absolute Gasteiger partial charge is 0.487 e. The minimum Gasteiger partial charge on any atom is -0.487 e. The number of pyridine rings is 1. The standard InChI is InChI=1S/C22H21F5N6O/c23-15-3-1-14(2-4-15)11-34-17-6-8-20(31-10-17)22(26,27)21(28,12-33(30)13-32-29)18-7-5-16(24)9-19(18)25/h1-10,13H,11-12,28-30H2/b32-13-. The van der Waals surface area contributed by atoms with Crippen molar-refractivity contribution < 1.29 is 26.7 Å². The van der Waals surface area contributed by atoms with Gasteiger partial charge in [-0.3, -0.25) is 9.99 Å². The van der Waals surface area contributed by atoms with Crippen molar-refractivity contribution in [1.82, 2.24) is 9.99 Å². The van der Waals surface area contributed by atoms with Crippen molar-refractivity contribution in [3.05, 3.63) is 95.1 Å². The SMILES string of the molecule is N/N=C\N(N)CC(N)(c1ccc(F)cc1F)C(F)(F)c1ccc(OCc2ccc(F)cc2)cn1. The van der Waals surface area contributed by atoms with Crippen LogP contribution in [0.5, 0.6) is 5.75 Å². The molecule has 1 aromatic heterocycles. The molecule has 0 aliphatic heterocycles. The molecule has 12 heteroatoms. The summed E-state index contributed by atoms with van der Waals surface area (Å²) in [6, 6.07) is 9.76. The van der Waals surface area contributed by atoms with Crippen LogP contribution in [0.3, 0.4) is 0 Å². The van der Waals surface area contributed by atoms with Crippen molar-refractivity contribution in [2.45, 2.75) is 18.1 Å². The molecule has 34 heavy (non-hydrogen) atoms. The maximum atomic E-state index is 15.7. The Labute approximate surface area is 191 Å². The summed E-state index contributed by atoms with van der Waals surface area (Å²) in [5.74, 6) is 4.10. The Kier molecular flexibility index (Phi) is 7.32. The molecule has 6 N–H and O–H groups in total. The maximum absolute atomic E-state index is 15.7. The van der Waals surface area contributed by atoms with E-state index >= 15 is 8.78 Å². The van der Waals surface area contributed by atoms with E-state index in [4.69, 9.17) is 22.2 Å². The van der Waals surface area contributed by atoms with Crippen LogP contribution < -0.4 is 22.2 Å². The Morgan fingerprint density at radius 2 is 1.68 bits per heavy atom. The Morgan fingerprint density at radius 3 is 2.26 bits per heavy atom. The number of hydrazine groups is 1. The molecule has 0 aliphatic rings. The molecule has 0 radical (unpaired) electrons. The Morgan fingerprint density at radius 1 is 1.00 bits per heavy atom. The molecule has 0 spiro atoms. The van der Waals surface area contributed by atoms with Crippen LogP contribution in [-0.4, -0.2) is 22.9 Å². The van der Waals surface area contributed by atoms with Crippen LogP contribution in [-0.2, 0) is 18.1 Å². The first kappa shape index (κ1) is 24.9. The molecule has 0 aliphatic carbocycles. The molecule has 1 atom stereocenters. The maximum Gasteiger partial charge on any atom is 0.313 e. The molecule has 3 aromatic rings. The number of aromatic nitrogens is 1. The highest BCUT2D eigenvalue weighted by atomic mass is 19.3. The second kappa shape index (κ2) is 10.0. The van der Waals surface area contributed by atoms with Gasteiger partial charge in [-0.25, -0.2) is 19.0 Å². The Balaban J connectivity index is 1.91. The first-order valence-electron chi connectivity index (χ1n) is 9.77. The van der Waals surface area contributed by atoms with Crippen molar-refractivity contribution >= 4 is 6.34 Å². The highest BCUT2D eigenvalue weighted by molar-refractivity contribution is 5.54. The van der Waals surface area contributed by atoms with E-state index in [1.807, 2.05) is 0 Å². The lowest BCUT2D eigenvalue weighted by molar-refractivity contribution is -0.0964. The number of ether oxygens (including phenoxy) is 1. The van der Waals surface area contributed by atoms with Crippen LogP contribution in [0.15, 0.2) is 65.9 Å². The predicted octanol–water partition coefficient (Wildman–Crippen LogP) is 3.10. The van der Waals surface area contributed by atoms with E-state index in [9.17, 15) is 13.2 Å². The van der Waals surface area contributed by atoms with Crippen molar-refractivity contribution in [1.29, 1.82) is 0 Å². The summed E-state index contributed by atoms with van der Waals surface area (Å²) in [5, 5.41) is 3.79. The van der Waals surface area contributed by atoms with E-state index < -0.39 is 46.7 Å². The molecular weight excluding hydrogens is 459 g/mol. The molecule has 0 fully saturated rings. The number of halogens is 5. The number of nitrogens with zero attached hydrogens (tertiary/aromatic N) is 3. The van der Waals surface area contributed by atoms with E-state index in [0.717, 1.165) is 30.7 Å². The highest BCUT2D eigenvalue weighted by Crippen LogP contribution is 2.44. The molecule has 0 saturated heterocycles. The molecule has 0 saturated carbocycles. The van der Waals surface area contributed by atoms with Gasteiger partial charge in [0.2, 0.25) is 0 Å². The van der Waals surface area contributed by atoms with Crippen LogP contribution in [0, 0.1) is 17.5 Å². The van der Waals surface area contributed by atoms with Crippen LogP contribution >= 0.6 is 0 Å². The van der Waals surface area contributed by atoms with Gasteiger partial charge in [0.15, 0.2) is 0 Å². The van der Waals surface area contributed by atoms with Gasteiger partial charge in [0.05, 0.1) is 12.7 Å². The molecule has 1 heterocycles. The lowest BCUT2D eigenvalue weighted by Gasteiger charge is -2.39. The van der Waals surface area contributed by atoms with Gasteiger partial charge in [0, 0.05) is 11.6 Å². The van der Waals surface area contributed by atoms with E-state index in [-0.39, 0.29) is 12.4 Å². The normalized spacial score (nSPS) is 13.6. The third-order valence-corrected chi connectivity index (χ3v) is 5.00. The van der Waals surface area contributed by atoms with Gasteiger partial charge in [-0.2, -0.15) is 13.9 Å². The van der Waals surface area contributed by atoms with E-state index in [2.05, 4.69) is 10.1 Å². The van der Waals surface area contributed by atoms with Gasteiger partial charge >= 0.3 is 5.92 Å². The highest BCUT2D eigenvalue weighted by Gasteiger charge is 2.56. The molecule has 0 bridgehead atoms. The van der Waals surface area contributed by atoms with Gasteiger partial charge < -0.3 is 16.3 Å². The fourth-order valence-electron chi connectivity index (χ4n) is 3.25. The van der Waals surface area contributed by atoms with Crippen LogP contribution in [0.4, 0.5) is 22.0 Å². The fraction of sp³-hybridized carbons (Fsp3) is 0.182. The summed E-state index contributed by atoms with van der Waals surface area (Å²) < 4.78 is 77.8. The van der Waals surface area contributed by atoms with Crippen molar-refractivity contribution in [2.75, 3.05) is 6.54 Å². The van der Waals surface area contributed by atoms with Gasteiger partial charge in [0.25, 0.3) is 0 Å². The van der Waals surface area contributed by atoms with Crippen molar-refractivity contribution in [3.8, 4) is 5.75 Å². The Hall–Kier alpha value is -3.77. The minimum atomic E-state index is -4.00. The third-order valence-electron chi connectivity index (χ3n) is 5.00. The van der Waals surface area contributed by atoms with Crippen LogP contribution in [0.1, 0.15) is 16.8 Å². The summed E-state index contributed by atoms with van der Waals surface area (Å²) >= 11 is 0. The van der Waals surface area contributed by atoms with E-state index in [1.165, 1.54) is 30.3 Å². The molecule has 7 nitrogen and oxygen atoms in total. The summed E-state index contributed by atoms with van der Waals surface area (Å²) in [6.45, 7) is -0.812. The van der Waals surface area contributed by atoms with E-state index in [1.54, 1.807) is 0 Å². The molecule has 1 unspecified atom stereocenters. The summed E-state index contributed by atoms with van der Waals surface area (Å²) in [7, 11) is 0. The van der Waals surface area contributed by atoms with E-state index in [0.29, 0.717) is 16.6 Å². The zero-order valence-electron chi connectivity index (χ0n) is 17.6. The smallest absolute Gasteiger partial charge is 0.313 e. The lowest BCUT2D eigenvalue weighted by atomic mass is 9.82. The molecule has 2 aromatic carbocycles. The van der Waals surface area contributed by atoms with Crippen molar-refractivity contribution in [2.24, 2.45) is 22.5 Å². The monoisotopic (exact) mass is 480 g/mol. The topological polar surface area (TPSA) is 116 Å². The fourth-order valence-corrected chi connectivity index (χ4v) is 3.25. The summed E-state index contributed by atoms with van der Waals surface area (Å²) in [5.41, 5.74) is 2.39. The number of hydrazone groups is 1. The molecule has 0 amide bonds. The second-order valence-electron chi connectivity index (χ2n) is 7.40. The zero-order valence-corrected chi connectivity index (χ0v) is 17.6. The number of benzene rings is 2. The average Bonchev–Trinajstić information content (AvgIpc) is 2.79. The van der Waals surface area contributed by atoms with Crippen LogP contribution in [0.2, 0.25) is 0 Å². The summed E-state index contributed by atoms with van der Waals surface area (Å²) in [6.07, 6.45) is 1.86. The minimum absolute atomic E-state index is 0.0415. The van der Waals surface area contributed by atoms with Crippen LogP contribution in [0.25, 0.3) is 0 Å². The first-order chi connectivity index (χ1) is 16.1. The molecule has 3 rings (SSSR count). The second-order valence-corrected chi connectivity index (χ2v) is 7.40. The van der Waals surface area contributed by atoms with Crippen molar-refractivity contribution in [3.63, 3.8) is 0 Å².